The van der Waals surface area contributed by atoms with Crippen LogP contribution in [0.1, 0.15) is 31.4 Å². The van der Waals surface area contributed by atoms with Crippen LogP contribution in [0.4, 0.5) is 11.5 Å². The molecule has 96 valence electrons. The summed E-state index contributed by atoms with van der Waals surface area (Å²) in [5, 5.41) is 13.9. The SMILES string of the molecule is Cc1nc(NCCC2=CCCC2)ccc1[N+](=O)[O-]. The molecule has 0 unspecified atom stereocenters. The molecule has 0 fully saturated rings. The lowest BCUT2D eigenvalue weighted by atomic mass is 10.2. The Balaban J connectivity index is 1.89. The predicted octanol–water partition coefficient (Wildman–Crippen LogP) is 3.21. The van der Waals surface area contributed by atoms with E-state index in [2.05, 4.69) is 16.4 Å². The first-order chi connectivity index (χ1) is 8.66. The number of pyridine rings is 1. The number of anilines is 1. The Hall–Kier alpha value is -1.91. The van der Waals surface area contributed by atoms with Gasteiger partial charge in [-0.1, -0.05) is 11.6 Å². The quantitative estimate of drug-likeness (QED) is 0.493. The maximum Gasteiger partial charge on any atom is 0.290 e. The monoisotopic (exact) mass is 247 g/mol. The highest BCUT2D eigenvalue weighted by atomic mass is 16.6. The van der Waals surface area contributed by atoms with Gasteiger partial charge >= 0.3 is 0 Å². The molecule has 0 bridgehead atoms. The second kappa shape index (κ2) is 5.62. The summed E-state index contributed by atoms with van der Waals surface area (Å²) < 4.78 is 0. The molecule has 1 heterocycles. The summed E-state index contributed by atoms with van der Waals surface area (Å²) in [6.45, 7) is 2.49. The van der Waals surface area contributed by atoms with Gasteiger partial charge in [0, 0.05) is 12.6 Å². The lowest BCUT2D eigenvalue weighted by Crippen LogP contribution is -2.05. The van der Waals surface area contributed by atoms with Crippen molar-refractivity contribution in [2.75, 3.05) is 11.9 Å². The zero-order valence-corrected chi connectivity index (χ0v) is 10.5. The molecule has 1 aliphatic carbocycles. The molecule has 1 aromatic heterocycles. The average Bonchev–Trinajstić information content (AvgIpc) is 2.81. The summed E-state index contributed by atoms with van der Waals surface area (Å²) in [5.74, 6) is 0.705. The molecule has 0 spiro atoms. The zero-order valence-electron chi connectivity index (χ0n) is 10.5. The predicted molar refractivity (Wildman–Crippen MR) is 70.7 cm³/mol. The minimum Gasteiger partial charge on any atom is -0.370 e. The fourth-order valence-electron chi connectivity index (χ4n) is 2.16. The molecule has 1 aromatic rings. The van der Waals surface area contributed by atoms with Crippen LogP contribution in [0, 0.1) is 17.0 Å². The molecular weight excluding hydrogens is 230 g/mol. The summed E-state index contributed by atoms with van der Waals surface area (Å²) in [6, 6.07) is 3.16. The first-order valence-electron chi connectivity index (χ1n) is 6.20. The molecule has 5 heteroatoms. The highest BCUT2D eigenvalue weighted by Crippen LogP contribution is 2.21. The maximum atomic E-state index is 10.7. The largest absolute Gasteiger partial charge is 0.370 e. The van der Waals surface area contributed by atoms with Gasteiger partial charge in [0.15, 0.2) is 0 Å². The van der Waals surface area contributed by atoms with Crippen LogP contribution in [-0.4, -0.2) is 16.5 Å². The van der Waals surface area contributed by atoms with Crippen molar-refractivity contribution in [1.82, 2.24) is 4.98 Å². The van der Waals surface area contributed by atoms with E-state index in [1.807, 2.05) is 0 Å². The van der Waals surface area contributed by atoms with Gasteiger partial charge in [-0.15, -0.1) is 0 Å². The second-order valence-electron chi connectivity index (χ2n) is 4.49. The molecule has 0 radical (unpaired) electrons. The summed E-state index contributed by atoms with van der Waals surface area (Å²) in [4.78, 5) is 14.4. The first kappa shape index (κ1) is 12.5. The van der Waals surface area contributed by atoms with Crippen molar-refractivity contribution in [3.05, 3.63) is 39.6 Å². The van der Waals surface area contributed by atoms with Crippen LogP contribution in [-0.2, 0) is 0 Å². The Morgan fingerprint density at radius 1 is 1.50 bits per heavy atom. The topological polar surface area (TPSA) is 68.1 Å². The summed E-state index contributed by atoms with van der Waals surface area (Å²) in [5.41, 5.74) is 2.02. The molecule has 1 N–H and O–H groups in total. The van der Waals surface area contributed by atoms with Crippen LogP contribution in [0.25, 0.3) is 0 Å². The molecule has 0 aromatic carbocycles. The Morgan fingerprint density at radius 3 is 2.94 bits per heavy atom. The van der Waals surface area contributed by atoms with Gasteiger partial charge in [0.2, 0.25) is 0 Å². The molecule has 0 atom stereocenters. The Bertz CT molecular complexity index is 483. The van der Waals surface area contributed by atoms with Gasteiger partial charge in [0.05, 0.1) is 4.92 Å². The molecule has 0 amide bonds. The Labute approximate surface area is 106 Å². The number of nitrogens with zero attached hydrogens (tertiary/aromatic N) is 2. The van der Waals surface area contributed by atoms with E-state index >= 15 is 0 Å². The van der Waals surface area contributed by atoms with E-state index < -0.39 is 4.92 Å². The molecular formula is C13H17N3O2. The maximum absolute atomic E-state index is 10.7. The van der Waals surface area contributed by atoms with Crippen LogP contribution in [0.2, 0.25) is 0 Å². The normalized spacial score (nSPS) is 14.4. The Morgan fingerprint density at radius 2 is 2.33 bits per heavy atom. The van der Waals surface area contributed by atoms with Gasteiger partial charge in [-0.25, -0.2) is 4.98 Å². The van der Waals surface area contributed by atoms with Gasteiger partial charge in [-0.2, -0.15) is 0 Å². The zero-order chi connectivity index (χ0) is 13.0. The van der Waals surface area contributed by atoms with Crippen LogP contribution in [0.15, 0.2) is 23.8 Å². The number of allylic oxidation sites excluding steroid dienone is 1. The number of hydrogen-bond donors (Lipinski definition) is 1. The molecule has 0 saturated heterocycles. The molecule has 0 saturated carbocycles. The van der Waals surface area contributed by atoms with E-state index in [1.54, 1.807) is 13.0 Å². The van der Waals surface area contributed by atoms with Gasteiger partial charge in [0.25, 0.3) is 5.69 Å². The minimum absolute atomic E-state index is 0.0686. The van der Waals surface area contributed by atoms with Gasteiger partial charge < -0.3 is 5.32 Å². The second-order valence-corrected chi connectivity index (χ2v) is 4.49. The van der Waals surface area contributed by atoms with Crippen molar-refractivity contribution in [2.24, 2.45) is 0 Å². The van der Waals surface area contributed by atoms with E-state index in [1.165, 1.54) is 30.9 Å². The molecule has 0 aliphatic heterocycles. The molecule has 1 aliphatic rings. The van der Waals surface area contributed by atoms with E-state index in [9.17, 15) is 10.1 Å². The van der Waals surface area contributed by atoms with E-state index in [0.29, 0.717) is 11.5 Å². The number of aryl methyl sites for hydroxylation is 1. The first-order valence-corrected chi connectivity index (χ1v) is 6.20. The standard InChI is InChI=1S/C13H17N3O2/c1-10-12(16(17)18)6-7-13(15-10)14-9-8-11-4-2-3-5-11/h4,6-7H,2-3,5,8-9H2,1H3,(H,14,15). The van der Waals surface area contributed by atoms with Crippen molar-refractivity contribution in [2.45, 2.75) is 32.6 Å². The number of nitrogens with one attached hydrogen (secondary N) is 1. The summed E-state index contributed by atoms with van der Waals surface area (Å²) in [6.07, 6.45) is 7.00. The molecule has 5 nitrogen and oxygen atoms in total. The molecule has 2 rings (SSSR count). The van der Waals surface area contributed by atoms with Crippen LogP contribution < -0.4 is 5.32 Å². The van der Waals surface area contributed by atoms with E-state index in [-0.39, 0.29) is 5.69 Å². The van der Waals surface area contributed by atoms with Crippen molar-refractivity contribution in [3.63, 3.8) is 0 Å². The lowest BCUT2D eigenvalue weighted by molar-refractivity contribution is -0.385. The Kier molecular flexibility index (Phi) is 3.92. The van der Waals surface area contributed by atoms with Crippen LogP contribution in [0.5, 0.6) is 0 Å². The van der Waals surface area contributed by atoms with Gasteiger partial charge in [0.1, 0.15) is 11.5 Å². The highest BCUT2D eigenvalue weighted by Gasteiger charge is 2.11. The van der Waals surface area contributed by atoms with Crippen LogP contribution in [0.3, 0.4) is 0 Å². The third-order valence-electron chi connectivity index (χ3n) is 3.14. The van der Waals surface area contributed by atoms with Crippen molar-refractivity contribution >= 4 is 11.5 Å². The smallest absolute Gasteiger partial charge is 0.290 e. The van der Waals surface area contributed by atoms with E-state index in [0.717, 1.165) is 13.0 Å². The summed E-state index contributed by atoms with van der Waals surface area (Å²) in [7, 11) is 0. The van der Waals surface area contributed by atoms with Gasteiger partial charge in [-0.3, -0.25) is 10.1 Å². The minimum atomic E-state index is -0.407. The number of hydrogen-bond acceptors (Lipinski definition) is 4. The van der Waals surface area contributed by atoms with Gasteiger partial charge in [-0.05, 0) is 38.7 Å². The van der Waals surface area contributed by atoms with Crippen molar-refractivity contribution in [3.8, 4) is 0 Å². The number of rotatable bonds is 5. The average molecular weight is 247 g/mol. The number of nitro groups is 1. The third kappa shape index (κ3) is 3.06. The fourth-order valence-corrected chi connectivity index (χ4v) is 2.16. The van der Waals surface area contributed by atoms with Crippen molar-refractivity contribution < 1.29 is 4.92 Å². The lowest BCUT2D eigenvalue weighted by Gasteiger charge is -2.07. The fraction of sp³-hybridized carbons (Fsp3) is 0.462. The van der Waals surface area contributed by atoms with Crippen LogP contribution >= 0.6 is 0 Å². The molecule has 18 heavy (non-hydrogen) atoms. The summed E-state index contributed by atoms with van der Waals surface area (Å²) >= 11 is 0. The van der Waals surface area contributed by atoms with E-state index in [4.69, 9.17) is 0 Å². The van der Waals surface area contributed by atoms with Crippen molar-refractivity contribution in [1.29, 1.82) is 0 Å². The third-order valence-corrected chi connectivity index (χ3v) is 3.14. The highest BCUT2D eigenvalue weighted by molar-refractivity contribution is 5.44. The number of aromatic nitrogens is 1.